The zero-order chi connectivity index (χ0) is 17.9. The van der Waals surface area contributed by atoms with E-state index in [-0.39, 0.29) is 31.6 Å². The van der Waals surface area contributed by atoms with Gasteiger partial charge in [-0.05, 0) is 20.8 Å². The number of ether oxygens (including phenoxy) is 1. The van der Waals surface area contributed by atoms with Crippen LogP contribution in [0, 0.1) is 11.3 Å². The summed E-state index contributed by atoms with van der Waals surface area (Å²) in [5.74, 6) is -1.71. The fourth-order valence-corrected chi connectivity index (χ4v) is 1.25. The lowest BCUT2D eigenvalue weighted by molar-refractivity contribution is -0.136. The molecule has 9 nitrogen and oxygen atoms in total. The van der Waals surface area contributed by atoms with Gasteiger partial charge in [-0.3, -0.25) is 9.59 Å². The number of alkyl carbamates (subject to hydrolysis) is 1. The molecule has 0 spiro atoms. The van der Waals surface area contributed by atoms with Crippen molar-refractivity contribution in [1.29, 1.82) is 5.26 Å². The highest BCUT2D eigenvalue weighted by molar-refractivity contribution is 5.97. The minimum absolute atomic E-state index is 0.0621. The van der Waals surface area contributed by atoms with Crippen molar-refractivity contribution in [1.82, 2.24) is 16.0 Å². The lowest BCUT2D eigenvalue weighted by Gasteiger charge is -2.19. The summed E-state index contributed by atoms with van der Waals surface area (Å²) < 4.78 is 5.03. The predicted octanol–water partition coefficient (Wildman–Crippen LogP) is 0.0991. The smallest absolute Gasteiger partial charge is 0.407 e. The number of carboxylic acids is 1. The molecule has 0 saturated carbocycles. The molecule has 0 radical (unpaired) electrons. The third-order valence-corrected chi connectivity index (χ3v) is 2.17. The van der Waals surface area contributed by atoms with Gasteiger partial charge >= 0.3 is 12.1 Å². The summed E-state index contributed by atoms with van der Waals surface area (Å²) in [7, 11) is 0. The Balaban J connectivity index is 4.07. The van der Waals surface area contributed by atoms with E-state index in [1.807, 2.05) is 0 Å². The van der Waals surface area contributed by atoms with Gasteiger partial charge in [-0.25, -0.2) is 4.79 Å². The van der Waals surface area contributed by atoms with Crippen LogP contribution in [0.15, 0.2) is 11.8 Å². The van der Waals surface area contributed by atoms with E-state index < -0.39 is 23.6 Å². The van der Waals surface area contributed by atoms with Gasteiger partial charge < -0.3 is 25.8 Å². The van der Waals surface area contributed by atoms with Crippen LogP contribution in [0.2, 0.25) is 0 Å². The Labute approximate surface area is 134 Å². The Kier molecular flexibility index (Phi) is 8.84. The maximum absolute atomic E-state index is 11.6. The van der Waals surface area contributed by atoms with Gasteiger partial charge in [-0.2, -0.15) is 5.26 Å². The summed E-state index contributed by atoms with van der Waals surface area (Å²) in [6.07, 6.45) is 0.417. The molecule has 0 aliphatic heterocycles. The van der Waals surface area contributed by atoms with E-state index in [9.17, 15) is 14.4 Å². The molecule has 0 saturated heterocycles. The number of carbonyl (C=O) groups is 3. The normalized spacial score (nSPS) is 11.1. The Morgan fingerprint density at radius 2 is 1.83 bits per heavy atom. The molecule has 0 atom stereocenters. The lowest BCUT2D eigenvalue weighted by atomic mass is 10.2. The Morgan fingerprint density at radius 1 is 1.17 bits per heavy atom. The van der Waals surface area contributed by atoms with Gasteiger partial charge in [0.05, 0.1) is 6.42 Å². The van der Waals surface area contributed by atoms with E-state index >= 15 is 0 Å². The molecular formula is C14H22N4O5. The van der Waals surface area contributed by atoms with Crippen molar-refractivity contribution in [3.05, 3.63) is 11.8 Å². The third-order valence-electron chi connectivity index (χ3n) is 2.17. The van der Waals surface area contributed by atoms with Gasteiger partial charge in [0.25, 0.3) is 5.91 Å². The topological polar surface area (TPSA) is 141 Å². The van der Waals surface area contributed by atoms with Crippen molar-refractivity contribution < 1.29 is 24.2 Å². The molecule has 0 aliphatic carbocycles. The highest BCUT2D eigenvalue weighted by Gasteiger charge is 2.15. The highest BCUT2D eigenvalue weighted by atomic mass is 16.6. The number of carbonyl (C=O) groups excluding carboxylic acids is 2. The summed E-state index contributed by atoms with van der Waals surface area (Å²) >= 11 is 0. The second-order valence-corrected chi connectivity index (χ2v) is 5.45. The predicted molar refractivity (Wildman–Crippen MR) is 81.2 cm³/mol. The van der Waals surface area contributed by atoms with E-state index in [4.69, 9.17) is 15.1 Å². The third kappa shape index (κ3) is 11.6. The van der Waals surface area contributed by atoms with Crippen LogP contribution in [0.25, 0.3) is 0 Å². The molecule has 0 aromatic heterocycles. The van der Waals surface area contributed by atoms with Crippen LogP contribution in [0.1, 0.15) is 27.2 Å². The molecule has 2 amide bonds. The van der Waals surface area contributed by atoms with Gasteiger partial charge in [-0.1, -0.05) is 0 Å². The zero-order valence-electron chi connectivity index (χ0n) is 13.4. The van der Waals surface area contributed by atoms with Crippen molar-refractivity contribution in [3.63, 3.8) is 0 Å². The molecular weight excluding hydrogens is 304 g/mol. The Bertz CT molecular complexity index is 502. The average molecular weight is 326 g/mol. The molecule has 0 heterocycles. The van der Waals surface area contributed by atoms with Crippen LogP contribution in [0.5, 0.6) is 0 Å². The quantitative estimate of drug-likeness (QED) is 0.281. The summed E-state index contributed by atoms with van der Waals surface area (Å²) in [6, 6.07) is 1.70. The summed E-state index contributed by atoms with van der Waals surface area (Å²) in [4.78, 5) is 33.2. The molecule has 0 aliphatic rings. The number of nitrogens with one attached hydrogen (secondary N) is 3. The molecule has 0 aromatic carbocycles. The fourth-order valence-electron chi connectivity index (χ4n) is 1.25. The van der Waals surface area contributed by atoms with E-state index in [2.05, 4.69) is 16.0 Å². The van der Waals surface area contributed by atoms with Gasteiger partial charge in [0.15, 0.2) is 0 Å². The molecule has 0 bridgehead atoms. The first-order chi connectivity index (χ1) is 10.7. The number of hydrogen-bond donors (Lipinski definition) is 4. The van der Waals surface area contributed by atoms with Gasteiger partial charge in [-0.15, -0.1) is 0 Å². The number of rotatable bonds is 8. The van der Waals surface area contributed by atoms with Crippen LogP contribution >= 0.6 is 0 Å². The maximum Gasteiger partial charge on any atom is 0.407 e. The number of aliphatic carboxylic acids is 1. The van der Waals surface area contributed by atoms with E-state index in [1.165, 1.54) is 6.20 Å². The van der Waals surface area contributed by atoms with E-state index in [0.717, 1.165) is 0 Å². The first-order valence-corrected chi connectivity index (χ1v) is 6.96. The fraction of sp³-hybridized carbons (Fsp3) is 0.571. The van der Waals surface area contributed by atoms with Crippen LogP contribution in [-0.2, 0) is 14.3 Å². The Morgan fingerprint density at radius 3 is 2.35 bits per heavy atom. The standard InChI is InChI=1S/C14H22N4O5/c1-14(2,3)23-13(22)18-7-6-16-9-10(8-15)12(21)17-5-4-11(19)20/h9,16H,4-7H2,1-3H3,(H,17,21)(H,18,22)(H,19,20)/b10-9-. The SMILES string of the molecule is CC(C)(C)OC(=O)NCCN/C=C(/C#N)C(=O)NCCC(=O)O. The summed E-state index contributed by atoms with van der Waals surface area (Å²) in [5, 5.41) is 24.8. The molecule has 9 heteroatoms. The molecule has 0 unspecified atom stereocenters. The number of carboxylic acid groups (broad SMARTS) is 1. The highest BCUT2D eigenvalue weighted by Crippen LogP contribution is 2.05. The van der Waals surface area contributed by atoms with Gasteiger partial charge in [0.2, 0.25) is 0 Å². The first-order valence-electron chi connectivity index (χ1n) is 6.96. The van der Waals surface area contributed by atoms with Crippen molar-refractivity contribution in [2.75, 3.05) is 19.6 Å². The molecule has 23 heavy (non-hydrogen) atoms. The van der Waals surface area contributed by atoms with Crippen molar-refractivity contribution in [2.24, 2.45) is 0 Å². The summed E-state index contributed by atoms with van der Waals surface area (Å²) in [5.41, 5.74) is -0.771. The molecule has 128 valence electrons. The van der Waals surface area contributed by atoms with Crippen LogP contribution in [0.4, 0.5) is 4.79 Å². The van der Waals surface area contributed by atoms with Gasteiger partial charge in [0, 0.05) is 25.8 Å². The minimum Gasteiger partial charge on any atom is -0.481 e. The first kappa shape index (κ1) is 20.2. The molecule has 4 N–H and O–H groups in total. The average Bonchev–Trinajstić information content (AvgIpc) is 2.40. The number of nitrogens with zero attached hydrogens (tertiary/aromatic N) is 1. The van der Waals surface area contributed by atoms with Crippen LogP contribution in [0.3, 0.4) is 0 Å². The lowest BCUT2D eigenvalue weighted by Crippen LogP contribution is -2.35. The van der Waals surface area contributed by atoms with E-state index in [1.54, 1.807) is 26.8 Å². The molecule has 0 aromatic rings. The minimum atomic E-state index is -1.04. The number of amides is 2. The van der Waals surface area contributed by atoms with Crippen molar-refractivity contribution >= 4 is 18.0 Å². The summed E-state index contributed by atoms with van der Waals surface area (Å²) in [6.45, 7) is 5.70. The molecule has 0 rings (SSSR count). The van der Waals surface area contributed by atoms with Gasteiger partial charge in [0.1, 0.15) is 17.2 Å². The van der Waals surface area contributed by atoms with Crippen molar-refractivity contribution in [3.8, 4) is 6.07 Å². The second kappa shape index (κ2) is 10.0. The second-order valence-electron chi connectivity index (χ2n) is 5.45. The van der Waals surface area contributed by atoms with Crippen LogP contribution < -0.4 is 16.0 Å². The number of nitriles is 1. The van der Waals surface area contributed by atoms with Crippen molar-refractivity contribution in [2.45, 2.75) is 32.8 Å². The number of hydrogen-bond acceptors (Lipinski definition) is 6. The zero-order valence-corrected chi connectivity index (χ0v) is 13.4. The van der Waals surface area contributed by atoms with E-state index in [0.29, 0.717) is 0 Å². The Hall–Kier alpha value is -2.76. The molecule has 0 fully saturated rings. The largest absolute Gasteiger partial charge is 0.481 e. The van der Waals surface area contributed by atoms with Crippen LogP contribution in [-0.4, -0.2) is 48.3 Å². The monoisotopic (exact) mass is 326 g/mol. The maximum atomic E-state index is 11.6.